The Hall–Kier alpha value is -2.54. The van der Waals surface area contributed by atoms with Gasteiger partial charge in [-0.15, -0.1) is 0 Å². The van der Waals surface area contributed by atoms with Crippen LogP contribution < -0.4 is 0 Å². The second-order valence-corrected chi connectivity index (χ2v) is 8.89. The number of hydrogen-bond donors (Lipinski definition) is 1. The third-order valence-corrected chi connectivity index (χ3v) is 6.52. The van der Waals surface area contributed by atoms with Gasteiger partial charge in [0, 0.05) is 5.56 Å². The zero-order chi connectivity index (χ0) is 19.9. The van der Waals surface area contributed by atoms with Crippen molar-refractivity contribution in [3.05, 3.63) is 77.9 Å². The van der Waals surface area contributed by atoms with E-state index in [0.717, 1.165) is 16.3 Å². The first-order valence-electron chi connectivity index (χ1n) is 9.04. The van der Waals surface area contributed by atoms with Gasteiger partial charge < -0.3 is 5.11 Å². The lowest BCUT2D eigenvalue weighted by Gasteiger charge is -2.35. The number of aliphatic hydroxyl groups is 1. The molecule has 0 bridgehead atoms. The van der Waals surface area contributed by atoms with E-state index in [9.17, 15) is 18.3 Å². The van der Waals surface area contributed by atoms with Crippen molar-refractivity contribution in [3.8, 4) is 0 Å². The van der Waals surface area contributed by atoms with E-state index in [1.165, 1.54) is 12.1 Å². The summed E-state index contributed by atoms with van der Waals surface area (Å²) in [5, 5.41) is 12.6. The number of carbonyl (C=O) groups is 1. The van der Waals surface area contributed by atoms with Gasteiger partial charge in [0.05, 0.1) is 4.90 Å². The van der Waals surface area contributed by atoms with Crippen molar-refractivity contribution < 1.29 is 22.5 Å². The van der Waals surface area contributed by atoms with Crippen LogP contribution in [0, 0.1) is 0 Å². The van der Waals surface area contributed by atoms with E-state index in [1.54, 1.807) is 18.2 Å². The van der Waals surface area contributed by atoms with Crippen LogP contribution in [0.1, 0.15) is 35.2 Å². The zero-order valence-corrected chi connectivity index (χ0v) is 16.1. The molecular weight excluding hydrogens is 376 g/mol. The Labute approximate surface area is 163 Å². The first-order valence-corrected chi connectivity index (χ1v) is 10.5. The van der Waals surface area contributed by atoms with E-state index in [0.29, 0.717) is 5.56 Å². The molecule has 0 amide bonds. The Morgan fingerprint density at radius 1 is 1.04 bits per heavy atom. The fourth-order valence-electron chi connectivity index (χ4n) is 3.78. The van der Waals surface area contributed by atoms with Crippen molar-refractivity contribution in [2.24, 2.45) is 0 Å². The first-order chi connectivity index (χ1) is 13.3. The Morgan fingerprint density at radius 3 is 2.50 bits per heavy atom. The van der Waals surface area contributed by atoms with E-state index < -0.39 is 28.1 Å². The van der Waals surface area contributed by atoms with Crippen LogP contribution in [0.5, 0.6) is 0 Å². The third-order valence-electron chi connectivity index (χ3n) is 5.27. The lowest BCUT2D eigenvalue weighted by Crippen LogP contribution is -2.48. The highest BCUT2D eigenvalue weighted by molar-refractivity contribution is 7.86. The fourth-order valence-corrected chi connectivity index (χ4v) is 4.78. The van der Waals surface area contributed by atoms with Crippen LogP contribution in [0.4, 0.5) is 0 Å². The molecule has 2 atom stereocenters. The largest absolute Gasteiger partial charge is 0.379 e. The normalized spacial score (nSPS) is 22.2. The minimum Gasteiger partial charge on any atom is -0.379 e. The molecule has 4 rings (SSSR count). The number of Topliss-reactive ketones (excluding diaryl/α,β-unsaturated/α-hetero) is 1. The average Bonchev–Trinajstić information content (AvgIpc) is 2.70. The van der Waals surface area contributed by atoms with Crippen LogP contribution in [0.2, 0.25) is 0 Å². The van der Waals surface area contributed by atoms with E-state index in [1.807, 2.05) is 43.3 Å². The van der Waals surface area contributed by atoms with Gasteiger partial charge in [-0.1, -0.05) is 61.5 Å². The molecule has 0 heterocycles. The molecule has 28 heavy (non-hydrogen) atoms. The molecule has 6 heteroatoms. The molecule has 0 aromatic heterocycles. The van der Waals surface area contributed by atoms with Crippen molar-refractivity contribution in [1.29, 1.82) is 0 Å². The van der Waals surface area contributed by atoms with Gasteiger partial charge >= 0.3 is 0 Å². The summed E-state index contributed by atoms with van der Waals surface area (Å²) in [6.45, 7) is 1.29. The molecular formula is C22H20O5S. The highest BCUT2D eigenvalue weighted by Crippen LogP contribution is 2.37. The highest BCUT2D eigenvalue weighted by Gasteiger charge is 2.44. The van der Waals surface area contributed by atoms with Crippen molar-refractivity contribution in [3.63, 3.8) is 0 Å². The Kier molecular flexibility index (Phi) is 4.57. The van der Waals surface area contributed by atoms with Gasteiger partial charge in [-0.25, -0.2) is 0 Å². The van der Waals surface area contributed by atoms with Crippen molar-refractivity contribution in [1.82, 2.24) is 0 Å². The molecule has 3 aromatic carbocycles. The van der Waals surface area contributed by atoms with Gasteiger partial charge in [0.2, 0.25) is 0 Å². The predicted octanol–water partition coefficient (Wildman–Crippen LogP) is 3.67. The zero-order valence-electron chi connectivity index (χ0n) is 15.3. The molecule has 0 saturated carbocycles. The number of ketones is 1. The van der Waals surface area contributed by atoms with Crippen LogP contribution in [-0.2, 0) is 14.3 Å². The topological polar surface area (TPSA) is 80.7 Å². The Morgan fingerprint density at radius 2 is 1.71 bits per heavy atom. The lowest BCUT2D eigenvalue weighted by atomic mass is 9.74. The number of fused-ring (bicyclic) bond motifs is 2. The maximum absolute atomic E-state index is 12.8. The van der Waals surface area contributed by atoms with Crippen LogP contribution in [0.25, 0.3) is 10.8 Å². The number of hydrogen-bond acceptors (Lipinski definition) is 5. The van der Waals surface area contributed by atoms with Gasteiger partial charge in [0.15, 0.2) is 11.4 Å². The van der Waals surface area contributed by atoms with Crippen LogP contribution in [0.15, 0.2) is 71.6 Å². The van der Waals surface area contributed by atoms with E-state index in [-0.39, 0.29) is 17.2 Å². The number of carbonyl (C=O) groups excluding carboxylic acids is 1. The van der Waals surface area contributed by atoms with Crippen molar-refractivity contribution in [2.45, 2.75) is 29.8 Å². The molecule has 1 aliphatic carbocycles. The molecule has 3 aromatic rings. The monoisotopic (exact) mass is 396 g/mol. The van der Waals surface area contributed by atoms with E-state index >= 15 is 0 Å². The molecule has 0 radical (unpaired) electrons. The number of benzene rings is 3. The van der Waals surface area contributed by atoms with E-state index in [4.69, 9.17) is 4.18 Å². The maximum Gasteiger partial charge on any atom is 0.297 e. The van der Waals surface area contributed by atoms with Crippen LogP contribution in [-0.4, -0.2) is 31.5 Å². The van der Waals surface area contributed by atoms with Gasteiger partial charge in [-0.05, 0) is 40.8 Å². The molecule has 0 aliphatic heterocycles. The highest BCUT2D eigenvalue weighted by atomic mass is 32.2. The summed E-state index contributed by atoms with van der Waals surface area (Å²) in [6.07, 6.45) is 0.107. The summed E-state index contributed by atoms with van der Waals surface area (Å²) in [7, 11) is -4.12. The average molecular weight is 396 g/mol. The number of rotatable bonds is 4. The van der Waals surface area contributed by atoms with Gasteiger partial charge in [0.25, 0.3) is 10.1 Å². The van der Waals surface area contributed by atoms with Crippen LogP contribution >= 0.6 is 0 Å². The summed E-state index contributed by atoms with van der Waals surface area (Å²) in [5.41, 5.74) is -0.609. The predicted molar refractivity (Wildman–Crippen MR) is 106 cm³/mol. The molecule has 0 saturated heterocycles. The van der Waals surface area contributed by atoms with Gasteiger partial charge in [0.1, 0.15) is 6.61 Å². The van der Waals surface area contributed by atoms with Gasteiger partial charge in [-0.3, -0.25) is 8.98 Å². The molecule has 1 N–H and O–H groups in total. The molecule has 144 valence electrons. The summed E-state index contributed by atoms with van der Waals surface area (Å²) >= 11 is 0. The fraction of sp³-hybridized carbons (Fsp3) is 0.227. The minimum absolute atomic E-state index is 0.00786. The summed E-state index contributed by atoms with van der Waals surface area (Å²) in [6, 6.07) is 19.1. The molecule has 0 fully saturated rings. The second kappa shape index (κ2) is 6.81. The lowest BCUT2D eigenvalue weighted by molar-refractivity contribution is -0.00457. The van der Waals surface area contributed by atoms with Crippen LogP contribution in [0.3, 0.4) is 0 Å². The minimum atomic E-state index is -4.12. The first kappa shape index (κ1) is 18.8. The smallest absolute Gasteiger partial charge is 0.297 e. The van der Waals surface area contributed by atoms with Crippen molar-refractivity contribution in [2.75, 3.05) is 6.61 Å². The van der Waals surface area contributed by atoms with Gasteiger partial charge in [-0.2, -0.15) is 8.42 Å². The SMILES string of the molecule is CC1CC(O)(COS(=O)(=O)c2ccc3ccccc3c2)C(=O)c2ccccc21. The standard InChI is InChI=1S/C22H20O5S/c1-15-13-22(24,21(23)20-9-5-4-8-19(15)20)14-27-28(25,26)18-11-10-16-6-2-3-7-17(16)12-18/h2-12,15,24H,13-14H2,1H3. The maximum atomic E-state index is 12.8. The summed E-state index contributed by atoms with van der Waals surface area (Å²) in [4.78, 5) is 12.8. The second-order valence-electron chi connectivity index (χ2n) is 7.28. The Balaban J connectivity index is 1.60. The summed E-state index contributed by atoms with van der Waals surface area (Å²) < 4.78 is 30.4. The van der Waals surface area contributed by atoms with Crippen molar-refractivity contribution >= 4 is 26.7 Å². The molecule has 0 spiro atoms. The quantitative estimate of drug-likeness (QED) is 0.681. The molecule has 5 nitrogen and oxygen atoms in total. The molecule has 2 unspecified atom stereocenters. The van der Waals surface area contributed by atoms with E-state index in [2.05, 4.69) is 0 Å². The Bertz CT molecular complexity index is 1170. The third kappa shape index (κ3) is 3.24. The molecule has 1 aliphatic rings. The summed E-state index contributed by atoms with van der Waals surface area (Å²) in [5.74, 6) is -0.596.